The van der Waals surface area contributed by atoms with Crippen molar-refractivity contribution >= 4 is 34.9 Å². The molecule has 26 heavy (non-hydrogen) atoms. The molecule has 0 fully saturated rings. The molecule has 2 aromatic carbocycles. The molecular formula is C18H20Cl2N2O4. The summed E-state index contributed by atoms with van der Waals surface area (Å²) in [4.78, 5) is 12.0. The lowest BCUT2D eigenvalue weighted by Gasteiger charge is -2.14. The van der Waals surface area contributed by atoms with Gasteiger partial charge in [-0.1, -0.05) is 23.2 Å². The molecule has 2 N–H and O–H groups in total. The van der Waals surface area contributed by atoms with Crippen molar-refractivity contribution in [1.29, 1.82) is 0 Å². The topological polar surface area (TPSA) is 68.8 Å². The Labute approximate surface area is 162 Å². The standard InChI is InChI=1S/C18H20Cl2N2O4/c1-24-15-6-11(7-16(25-2)17(15)26-3)4-5-21-18(23)22-14-9-12(19)8-13(20)10-14/h6-10H,4-5H2,1-3H3,(H2,21,22,23). The lowest BCUT2D eigenvalue weighted by atomic mass is 10.1. The van der Waals surface area contributed by atoms with Crippen molar-refractivity contribution in [3.8, 4) is 17.2 Å². The van der Waals surface area contributed by atoms with Crippen molar-refractivity contribution in [2.45, 2.75) is 6.42 Å². The molecule has 0 aliphatic rings. The Morgan fingerprint density at radius 3 is 2.00 bits per heavy atom. The van der Waals surface area contributed by atoms with Crippen LogP contribution >= 0.6 is 23.2 Å². The third kappa shape index (κ3) is 5.34. The Balaban J connectivity index is 1.95. The Bertz CT molecular complexity index is 739. The van der Waals surface area contributed by atoms with Crippen LogP contribution in [0.4, 0.5) is 10.5 Å². The highest BCUT2D eigenvalue weighted by Crippen LogP contribution is 2.38. The van der Waals surface area contributed by atoms with Crippen molar-refractivity contribution in [1.82, 2.24) is 5.32 Å². The second-order valence-corrected chi connectivity index (χ2v) is 6.20. The third-order valence-corrected chi connectivity index (χ3v) is 3.98. The maximum atomic E-state index is 12.0. The summed E-state index contributed by atoms with van der Waals surface area (Å²) in [5.74, 6) is 1.67. The van der Waals surface area contributed by atoms with Crippen molar-refractivity contribution in [2.24, 2.45) is 0 Å². The van der Waals surface area contributed by atoms with Gasteiger partial charge in [0.05, 0.1) is 21.3 Å². The molecule has 0 spiro atoms. The summed E-state index contributed by atoms with van der Waals surface area (Å²) in [7, 11) is 4.67. The van der Waals surface area contributed by atoms with Crippen LogP contribution in [-0.4, -0.2) is 33.9 Å². The van der Waals surface area contributed by atoms with Gasteiger partial charge in [-0.2, -0.15) is 0 Å². The highest BCUT2D eigenvalue weighted by Gasteiger charge is 2.13. The zero-order valence-electron chi connectivity index (χ0n) is 14.7. The smallest absolute Gasteiger partial charge is 0.319 e. The van der Waals surface area contributed by atoms with Crippen LogP contribution in [0.5, 0.6) is 17.2 Å². The molecule has 0 aliphatic carbocycles. The molecule has 0 saturated heterocycles. The second kappa shape index (κ2) is 9.40. The Morgan fingerprint density at radius 1 is 0.923 bits per heavy atom. The highest BCUT2D eigenvalue weighted by atomic mass is 35.5. The molecule has 140 valence electrons. The van der Waals surface area contributed by atoms with Crippen LogP contribution in [-0.2, 0) is 6.42 Å². The fourth-order valence-corrected chi connectivity index (χ4v) is 2.93. The van der Waals surface area contributed by atoms with Crippen molar-refractivity contribution in [3.63, 3.8) is 0 Å². The van der Waals surface area contributed by atoms with Crippen LogP contribution in [0.15, 0.2) is 30.3 Å². The van der Waals surface area contributed by atoms with Crippen molar-refractivity contribution in [3.05, 3.63) is 45.9 Å². The Hall–Kier alpha value is -2.31. The summed E-state index contributed by atoms with van der Waals surface area (Å²) < 4.78 is 15.9. The number of hydrogen-bond donors (Lipinski definition) is 2. The van der Waals surface area contributed by atoms with Crippen molar-refractivity contribution in [2.75, 3.05) is 33.2 Å². The van der Waals surface area contributed by atoms with Gasteiger partial charge in [0.15, 0.2) is 11.5 Å². The summed E-state index contributed by atoms with van der Waals surface area (Å²) in [6, 6.07) is 8.17. The minimum absolute atomic E-state index is 0.351. The first kappa shape index (κ1) is 20.0. The molecule has 6 nitrogen and oxygen atoms in total. The van der Waals surface area contributed by atoms with Gasteiger partial charge in [-0.15, -0.1) is 0 Å². The maximum absolute atomic E-state index is 12.0. The molecule has 2 rings (SSSR count). The molecule has 0 unspecified atom stereocenters. The quantitative estimate of drug-likeness (QED) is 0.725. The largest absolute Gasteiger partial charge is 0.493 e. The molecule has 2 aromatic rings. The summed E-state index contributed by atoms with van der Waals surface area (Å²) in [6.07, 6.45) is 0.584. The lowest BCUT2D eigenvalue weighted by molar-refractivity contribution is 0.252. The number of halogens is 2. The average Bonchev–Trinajstić information content (AvgIpc) is 2.59. The lowest BCUT2D eigenvalue weighted by Crippen LogP contribution is -2.30. The number of urea groups is 1. The third-order valence-electron chi connectivity index (χ3n) is 3.54. The fourth-order valence-electron chi connectivity index (χ4n) is 2.40. The van der Waals surface area contributed by atoms with Crippen LogP contribution < -0.4 is 24.8 Å². The van der Waals surface area contributed by atoms with Crippen LogP contribution in [0.1, 0.15) is 5.56 Å². The monoisotopic (exact) mass is 398 g/mol. The van der Waals surface area contributed by atoms with Crippen molar-refractivity contribution < 1.29 is 19.0 Å². The van der Waals surface area contributed by atoms with Crippen LogP contribution in [0.2, 0.25) is 10.0 Å². The van der Waals surface area contributed by atoms with Gasteiger partial charge in [0.25, 0.3) is 0 Å². The van der Waals surface area contributed by atoms with Gasteiger partial charge >= 0.3 is 6.03 Å². The number of anilines is 1. The number of nitrogens with one attached hydrogen (secondary N) is 2. The fraction of sp³-hybridized carbons (Fsp3) is 0.278. The van der Waals surface area contributed by atoms with Gasteiger partial charge in [0.1, 0.15) is 0 Å². The van der Waals surface area contributed by atoms with E-state index < -0.39 is 0 Å². The van der Waals surface area contributed by atoms with E-state index in [0.717, 1.165) is 5.56 Å². The summed E-state index contributed by atoms with van der Waals surface area (Å²) >= 11 is 11.8. The molecule has 0 bridgehead atoms. The zero-order valence-corrected chi connectivity index (χ0v) is 16.2. The average molecular weight is 399 g/mol. The second-order valence-electron chi connectivity index (χ2n) is 5.32. The number of amides is 2. The van der Waals surface area contributed by atoms with Crippen LogP contribution in [0, 0.1) is 0 Å². The minimum atomic E-state index is -0.351. The van der Waals surface area contributed by atoms with E-state index in [1.807, 2.05) is 12.1 Å². The molecule has 0 atom stereocenters. The van der Waals surface area contributed by atoms with E-state index in [1.54, 1.807) is 39.5 Å². The number of rotatable bonds is 7. The first-order chi connectivity index (χ1) is 12.5. The van der Waals surface area contributed by atoms with Crippen LogP contribution in [0.3, 0.4) is 0 Å². The van der Waals surface area contributed by atoms with Gasteiger partial charge in [-0.25, -0.2) is 4.79 Å². The van der Waals surface area contributed by atoms with E-state index in [9.17, 15) is 4.79 Å². The van der Waals surface area contributed by atoms with E-state index in [4.69, 9.17) is 37.4 Å². The Morgan fingerprint density at radius 2 is 1.50 bits per heavy atom. The molecule has 8 heteroatoms. The number of ether oxygens (including phenoxy) is 3. The Kier molecular flexibility index (Phi) is 7.24. The predicted molar refractivity (Wildman–Crippen MR) is 103 cm³/mol. The summed E-state index contributed by atoms with van der Waals surface area (Å²) in [6.45, 7) is 0.415. The van der Waals surface area contributed by atoms with Gasteiger partial charge in [0, 0.05) is 22.3 Å². The zero-order chi connectivity index (χ0) is 19.1. The molecular weight excluding hydrogens is 379 g/mol. The first-order valence-corrected chi connectivity index (χ1v) is 8.52. The molecule has 0 saturated carbocycles. The van der Waals surface area contributed by atoms with Gasteiger partial charge < -0.3 is 24.8 Å². The van der Waals surface area contributed by atoms with Crippen LogP contribution in [0.25, 0.3) is 0 Å². The van der Waals surface area contributed by atoms with E-state index in [2.05, 4.69) is 10.6 Å². The number of benzene rings is 2. The van der Waals surface area contributed by atoms with E-state index in [1.165, 1.54) is 0 Å². The number of hydrogen-bond acceptors (Lipinski definition) is 4. The highest BCUT2D eigenvalue weighted by molar-refractivity contribution is 6.35. The number of methoxy groups -OCH3 is 3. The van der Waals surface area contributed by atoms with Gasteiger partial charge in [-0.3, -0.25) is 0 Å². The first-order valence-electron chi connectivity index (χ1n) is 7.76. The number of carbonyl (C=O) groups is 1. The molecule has 0 heterocycles. The van der Waals surface area contributed by atoms with E-state index in [-0.39, 0.29) is 6.03 Å². The van der Waals surface area contributed by atoms with Gasteiger partial charge in [0.2, 0.25) is 5.75 Å². The number of carbonyl (C=O) groups excluding carboxylic acids is 1. The normalized spacial score (nSPS) is 10.2. The van der Waals surface area contributed by atoms with E-state index >= 15 is 0 Å². The molecule has 2 amide bonds. The SMILES string of the molecule is COc1cc(CCNC(=O)Nc2cc(Cl)cc(Cl)c2)cc(OC)c1OC. The molecule has 0 aromatic heterocycles. The molecule has 0 aliphatic heterocycles. The summed E-state index contributed by atoms with van der Waals surface area (Å²) in [5.41, 5.74) is 1.46. The molecule has 0 radical (unpaired) electrons. The predicted octanol–water partition coefficient (Wildman–Crippen LogP) is 4.38. The summed E-state index contributed by atoms with van der Waals surface area (Å²) in [5, 5.41) is 6.36. The maximum Gasteiger partial charge on any atom is 0.319 e. The minimum Gasteiger partial charge on any atom is -0.493 e. The van der Waals surface area contributed by atoms with Gasteiger partial charge in [-0.05, 0) is 42.3 Å². The van der Waals surface area contributed by atoms with E-state index in [0.29, 0.717) is 45.9 Å².